The quantitative estimate of drug-likeness (QED) is 0.583. The number of carbonyl (C=O) groups is 3. The minimum absolute atomic E-state index is 0.206. The fraction of sp³-hybridized carbons (Fsp3) is 0.308. The van der Waals surface area contributed by atoms with E-state index in [1.807, 2.05) is 6.07 Å². The Morgan fingerprint density at radius 2 is 1.52 bits per heavy atom. The maximum Gasteiger partial charge on any atom is 0.262 e. The Kier molecular flexibility index (Phi) is 5.12. The molecule has 0 radical (unpaired) electrons. The fourth-order valence-electron chi connectivity index (χ4n) is 4.80. The number of piperazine rings is 1. The summed E-state index contributed by atoms with van der Waals surface area (Å²) in [6, 6.07) is 14.2. The number of amides is 3. The van der Waals surface area contributed by atoms with Crippen molar-refractivity contribution in [2.75, 3.05) is 31.1 Å². The highest BCUT2D eigenvalue weighted by molar-refractivity contribution is 6.22. The highest BCUT2D eigenvalue weighted by Crippen LogP contribution is 2.27. The zero-order valence-electron chi connectivity index (χ0n) is 19.0. The summed E-state index contributed by atoms with van der Waals surface area (Å²) < 4.78 is 0. The molecule has 0 saturated carbocycles. The summed E-state index contributed by atoms with van der Waals surface area (Å²) in [4.78, 5) is 48.6. The molecule has 1 aromatic heterocycles. The van der Waals surface area contributed by atoms with Crippen LogP contribution >= 0.6 is 0 Å². The van der Waals surface area contributed by atoms with E-state index in [9.17, 15) is 14.4 Å². The van der Waals surface area contributed by atoms with Gasteiger partial charge in [0.25, 0.3) is 11.8 Å². The normalized spacial score (nSPS) is 17.0. The van der Waals surface area contributed by atoms with Crippen molar-refractivity contribution in [2.24, 2.45) is 0 Å². The Labute approximate surface area is 192 Å². The monoisotopic (exact) mass is 442 g/mol. The predicted molar refractivity (Wildman–Crippen MR) is 126 cm³/mol. The minimum atomic E-state index is -0.840. The summed E-state index contributed by atoms with van der Waals surface area (Å²) in [7, 11) is 0. The number of para-hydroxylation sites is 1. The third kappa shape index (κ3) is 3.44. The van der Waals surface area contributed by atoms with Gasteiger partial charge in [-0.2, -0.15) is 0 Å². The number of rotatable bonds is 3. The van der Waals surface area contributed by atoms with Crippen LogP contribution in [0.2, 0.25) is 0 Å². The predicted octanol–water partition coefficient (Wildman–Crippen LogP) is 3.18. The molecule has 7 heteroatoms. The molecule has 0 bridgehead atoms. The van der Waals surface area contributed by atoms with Crippen LogP contribution in [-0.4, -0.2) is 64.7 Å². The van der Waals surface area contributed by atoms with Crippen LogP contribution in [0.3, 0.4) is 0 Å². The van der Waals surface area contributed by atoms with E-state index in [1.165, 1.54) is 5.56 Å². The Balaban J connectivity index is 1.29. The molecule has 1 atom stereocenters. The first kappa shape index (κ1) is 21.1. The SMILES string of the molecule is Cc1cc(N2CCN(C(=O)C(C)N3C(=O)c4ccccc4C3=O)CC2)nc2c(C)cccc12. The van der Waals surface area contributed by atoms with E-state index in [0.29, 0.717) is 37.3 Å². The third-order valence-corrected chi connectivity index (χ3v) is 6.72. The Morgan fingerprint density at radius 3 is 2.15 bits per heavy atom. The molecule has 7 nitrogen and oxygen atoms in total. The summed E-state index contributed by atoms with van der Waals surface area (Å²) >= 11 is 0. The number of pyridine rings is 1. The van der Waals surface area contributed by atoms with E-state index in [-0.39, 0.29) is 5.91 Å². The van der Waals surface area contributed by atoms with Gasteiger partial charge < -0.3 is 9.80 Å². The lowest BCUT2D eigenvalue weighted by Crippen LogP contribution is -2.55. The van der Waals surface area contributed by atoms with Crippen molar-refractivity contribution in [3.8, 4) is 0 Å². The number of fused-ring (bicyclic) bond motifs is 2. The standard InChI is InChI=1S/C26H26N4O3/c1-16-7-6-10-19-17(2)15-22(27-23(16)19)28-11-13-29(14-12-28)24(31)18(3)30-25(32)20-8-4-5-9-21(20)26(30)33/h4-10,15,18H,11-14H2,1-3H3. The lowest BCUT2D eigenvalue weighted by molar-refractivity contribution is -0.135. The van der Waals surface area contributed by atoms with Crippen LogP contribution in [-0.2, 0) is 4.79 Å². The Bertz CT molecular complexity index is 1260. The molecule has 5 rings (SSSR count). The van der Waals surface area contributed by atoms with Crippen molar-refractivity contribution in [3.05, 3.63) is 70.8 Å². The van der Waals surface area contributed by atoms with E-state index in [1.54, 1.807) is 36.1 Å². The first-order valence-electron chi connectivity index (χ1n) is 11.2. The number of aryl methyl sites for hydroxylation is 2. The molecule has 2 aromatic carbocycles. The summed E-state index contributed by atoms with van der Waals surface area (Å²) in [5, 5.41) is 1.15. The van der Waals surface area contributed by atoms with Gasteiger partial charge in [-0.1, -0.05) is 30.3 Å². The van der Waals surface area contributed by atoms with Gasteiger partial charge in [0.1, 0.15) is 11.9 Å². The molecule has 3 amide bonds. The first-order valence-corrected chi connectivity index (χ1v) is 11.2. The fourth-order valence-corrected chi connectivity index (χ4v) is 4.80. The Morgan fingerprint density at radius 1 is 0.879 bits per heavy atom. The molecular formula is C26H26N4O3. The number of nitrogens with zero attached hydrogens (tertiary/aromatic N) is 4. The molecule has 2 aliphatic rings. The molecule has 0 N–H and O–H groups in total. The van der Waals surface area contributed by atoms with Crippen molar-refractivity contribution >= 4 is 34.4 Å². The molecule has 0 aliphatic carbocycles. The van der Waals surface area contributed by atoms with Gasteiger partial charge in [-0.25, -0.2) is 4.98 Å². The average molecular weight is 443 g/mol. The maximum atomic E-state index is 13.2. The third-order valence-electron chi connectivity index (χ3n) is 6.72. The zero-order chi connectivity index (χ0) is 23.3. The summed E-state index contributed by atoms with van der Waals surface area (Å²) in [5.41, 5.74) is 4.04. The van der Waals surface area contributed by atoms with Gasteiger partial charge in [0, 0.05) is 31.6 Å². The molecule has 0 spiro atoms. The molecular weight excluding hydrogens is 416 g/mol. The number of anilines is 1. The van der Waals surface area contributed by atoms with Crippen molar-refractivity contribution in [3.63, 3.8) is 0 Å². The summed E-state index contributed by atoms with van der Waals surface area (Å²) in [6.07, 6.45) is 0. The molecule has 3 heterocycles. The van der Waals surface area contributed by atoms with E-state index >= 15 is 0 Å². The van der Waals surface area contributed by atoms with Gasteiger partial charge in [0.05, 0.1) is 16.6 Å². The lowest BCUT2D eigenvalue weighted by atomic mass is 10.1. The van der Waals surface area contributed by atoms with Crippen molar-refractivity contribution in [2.45, 2.75) is 26.8 Å². The van der Waals surface area contributed by atoms with Crippen LogP contribution in [0.25, 0.3) is 10.9 Å². The molecule has 33 heavy (non-hydrogen) atoms. The Hall–Kier alpha value is -3.74. The molecule has 3 aromatic rings. The van der Waals surface area contributed by atoms with Crippen LogP contribution < -0.4 is 4.90 Å². The van der Waals surface area contributed by atoms with Crippen molar-refractivity contribution in [1.29, 1.82) is 0 Å². The number of carbonyl (C=O) groups excluding carboxylic acids is 3. The average Bonchev–Trinajstić information content (AvgIpc) is 3.09. The molecule has 2 aliphatic heterocycles. The molecule has 168 valence electrons. The second-order valence-corrected chi connectivity index (χ2v) is 8.78. The first-order chi connectivity index (χ1) is 15.9. The summed E-state index contributed by atoms with van der Waals surface area (Å²) in [5.74, 6) is -0.0972. The van der Waals surface area contributed by atoms with Gasteiger partial charge in [-0.05, 0) is 50.1 Å². The zero-order valence-corrected chi connectivity index (χ0v) is 19.0. The lowest BCUT2D eigenvalue weighted by Gasteiger charge is -2.37. The van der Waals surface area contributed by atoms with Gasteiger partial charge in [-0.3, -0.25) is 19.3 Å². The molecule has 1 saturated heterocycles. The van der Waals surface area contributed by atoms with Crippen LogP contribution in [0.5, 0.6) is 0 Å². The van der Waals surface area contributed by atoms with Crippen LogP contribution in [0.1, 0.15) is 38.8 Å². The highest BCUT2D eigenvalue weighted by atomic mass is 16.2. The van der Waals surface area contributed by atoms with E-state index in [4.69, 9.17) is 4.98 Å². The second-order valence-electron chi connectivity index (χ2n) is 8.78. The van der Waals surface area contributed by atoms with Gasteiger partial charge in [0.2, 0.25) is 5.91 Å². The van der Waals surface area contributed by atoms with E-state index in [2.05, 4.69) is 36.9 Å². The smallest absolute Gasteiger partial charge is 0.262 e. The number of hydrogen-bond acceptors (Lipinski definition) is 5. The van der Waals surface area contributed by atoms with Crippen LogP contribution in [0.15, 0.2) is 48.5 Å². The van der Waals surface area contributed by atoms with Crippen LogP contribution in [0, 0.1) is 13.8 Å². The van der Waals surface area contributed by atoms with Gasteiger partial charge in [0.15, 0.2) is 0 Å². The highest BCUT2D eigenvalue weighted by Gasteiger charge is 2.42. The van der Waals surface area contributed by atoms with Crippen molar-refractivity contribution in [1.82, 2.24) is 14.8 Å². The molecule has 1 fully saturated rings. The number of hydrogen-bond donors (Lipinski definition) is 0. The summed E-state index contributed by atoms with van der Waals surface area (Å²) in [6.45, 7) is 8.10. The van der Waals surface area contributed by atoms with Gasteiger partial charge in [-0.15, -0.1) is 0 Å². The maximum absolute atomic E-state index is 13.2. The van der Waals surface area contributed by atoms with E-state index < -0.39 is 17.9 Å². The number of benzene rings is 2. The van der Waals surface area contributed by atoms with E-state index in [0.717, 1.165) is 27.2 Å². The van der Waals surface area contributed by atoms with Crippen molar-refractivity contribution < 1.29 is 14.4 Å². The second kappa shape index (κ2) is 7.99. The topological polar surface area (TPSA) is 73.8 Å². The number of aromatic nitrogens is 1. The minimum Gasteiger partial charge on any atom is -0.353 e. The van der Waals surface area contributed by atoms with Gasteiger partial charge >= 0.3 is 0 Å². The number of imide groups is 1. The largest absolute Gasteiger partial charge is 0.353 e. The molecule has 1 unspecified atom stereocenters. The van der Waals surface area contributed by atoms with Crippen LogP contribution in [0.4, 0.5) is 5.82 Å².